The number of nitrogens with zero attached hydrogens (tertiary/aromatic N) is 3. The van der Waals surface area contributed by atoms with Crippen molar-refractivity contribution in [2.24, 2.45) is 4.99 Å². The van der Waals surface area contributed by atoms with Gasteiger partial charge < -0.3 is 24.7 Å². The number of aliphatic imine (C=N–C) groups is 1. The maximum Gasteiger partial charge on any atom is 0.213 e. The van der Waals surface area contributed by atoms with Crippen molar-refractivity contribution in [3.8, 4) is 0 Å². The SMILES string of the molecule is CN=C(NCCCN(C)CCOC)NCc1ncc(C(C)(C)C)o1.I. The van der Waals surface area contributed by atoms with Gasteiger partial charge in [0.25, 0.3) is 0 Å². The molecule has 25 heavy (non-hydrogen) atoms. The van der Waals surface area contributed by atoms with Crippen LogP contribution in [0, 0.1) is 0 Å². The zero-order chi connectivity index (χ0) is 18.0. The van der Waals surface area contributed by atoms with Gasteiger partial charge in [0.2, 0.25) is 5.89 Å². The molecule has 0 spiro atoms. The van der Waals surface area contributed by atoms with Crippen LogP contribution in [0.15, 0.2) is 15.6 Å². The van der Waals surface area contributed by atoms with E-state index in [1.165, 1.54) is 0 Å². The summed E-state index contributed by atoms with van der Waals surface area (Å²) in [6.07, 6.45) is 2.83. The van der Waals surface area contributed by atoms with Gasteiger partial charge in [-0.25, -0.2) is 4.98 Å². The molecule has 1 aromatic rings. The predicted molar refractivity (Wildman–Crippen MR) is 113 cm³/mol. The number of rotatable bonds is 9. The molecule has 0 saturated heterocycles. The molecule has 0 aromatic carbocycles. The maximum absolute atomic E-state index is 5.76. The van der Waals surface area contributed by atoms with E-state index >= 15 is 0 Å². The zero-order valence-corrected chi connectivity index (χ0v) is 18.7. The smallest absolute Gasteiger partial charge is 0.213 e. The second kappa shape index (κ2) is 12.5. The summed E-state index contributed by atoms with van der Waals surface area (Å²) in [5.41, 5.74) is -0.0278. The Kier molecular flexibility index (Phi) is 12.0. The van der Waals surface area contributed by atoms with Gasteiger partial charge in [0.1, 0.15) is 5.76 Å². The van der Waals surface area contributed by atoms with Crippen molar-refractivity contribution in [2.75, 3.05) is 47.4 Å². The summed E-state index contributed by atoms with van der Waals surface area (Å²) < 4.78 is 10.8. The molecule has 0 aliphatic carbocycles. The highest BCUT2D eigenvalue weighted by Gasteiger charge is 2.19. The van der Waals surface area contributed by atoms with E-state index in [9.17, 15) is 0 Å². The molecular formula is C17H34IN5O2. The van der Waals surface area contributed by atoms with Crippen LogP contribution in [0.2, 0.25) is 0 Å². The molecule has 1 aromatic heterocycles. The fourth-order valence-electron chi connectivity index (χ4n) is 2.03. The van der Waals surface area contributed by atoms with Gasteiger partial charge in [-0.1, -0.05) is 20.8 Å². The molecule has 0 atom stereocenters. The lowest BCUT2D eigenvalue weighted by Gasteiger charge is -2.16. The summed E-state index contributed by atoms with van der Waals surface area (Å²) in [7, 11) is 5.58. The van der Waals surface area contributed by atoms with Crippen LogP contribution in [0.25, 0.3) is 0 Å². The largest absolute Gasteiger partial charge is 0.443 e. The highest BCUT2D eigenvalue weighted by Crippen LogP contribution is 2.22. The average Bonchev–Trinajstić information content (AvgIpc) is 3.01. The number of ether oxygens (including phenoxy) is 1. The molecule has 0 aliphatic heterocycles. The summed E-state index contributed by atoms with van der Waals surface area (Å²) in [5.74, 6) is 2.31. The quantitative estimate of drug-likeness (QED) is 0.251. The number of guanidine groups is 1. The van der Waals surface area contributed by atoms with Gasteiger partial charge in [-0.3, -0.25) is 4.99 Å². The maximum atomic E-state index is 5.76. The number of hydrogen-bond acceptors (Lipinski definition) is 5. The first-order chi connectivity index (χ1) is 11.4. The van der Waals surface area contributed by atoms with Gasteiger partial charge in [-0.2, -0.15) is 0 Å². The Labute approximate surface area is 169 Å². The van der Waals surface area contributed by atoms with Crippen molar-refractivity contribution >= 4 is 29.9 Å². The van der Waals surface area contributed by atoms with Gasteiger partial charge in [0.05, 0.1) is 19.3 Å². The van der Waals surface area contributed by atoms with Crippen LogP contribution in [0.4, 0.5) is 0 Å². The van der Waals surface area contributed by atoms with Crippen LogP contribution < -0.4 is 10.6 Å². The molecule has 7 nitrogen and oxygen atoms in total. The summed E-state index contributed by atoms with van der Waals surface area (Å²) in [6, 6.07) is 0. The van der Waals surface area contributed by atoms with Crippen molar-refractivity contribution in [3.05, 3.63) is 17.8 Å². The van der Waals surface area contributed by atoms with Crippen LogP contribution >= 0.6 is 24.0 Å². The van der Waals surface area contributed by atoms with Crippen LogP contribution in [-0.4, -0.2) is 63.3 Å². The summed E-state index contributed by atoms with van der Waals surface area (Å²) >= 11 is 0. The fourth-order valence-corrected chi connectivity index (χ4v) is 2.03. The van der Waals surface area contributed by atoms with E-state index in [1.807, 2.05) is 0 Å². The Morgan fingerprint density at radius 2 is 2.04 bits per heavy atom. The number of methoxy groups -OCH3 is 1. The minimum absolute atomic E-state index is 0. The minimum atomic E-state index is -0.0278. The number of likely N-dealkylation sites (N-methyl/N-ethyl adjacent to an activating group) is 1. The van der Waals surface area contributed by atoms with Gasteiger partial charge >= 0.3 is 0 Å². The lowest BCUT2D eigenvalue weighted by Crippen LogP contribution is -2.38. The minimum Gasteiger partial charge on any atom is -0.443 e. The van der Waals surface area contributed by atoms with E-state index in [1.54, 1.807) is 20.4 Å². The summed E-state index contributed by atoms with van der Waals surface area (Å²) in [6.45, 7) is 10.4. The second-order valence-corrected chi connectivity index (χ2v) is 6.87. The van der Waals surface area contributed by atoms with Crippen molar-refractivity contribution < 1.29 is 9.15 Å². The molecule has 2 N–H and O–H groups in total. The molecule has 0 unspecified atom stereocenters. The molecule has 0 amide bonds. The normalized spacial score (nSPS) is 12.2. The third-order valence-corrected chi connectivity index (χ3v) is 3.61. The number of nitrogens with one attached hydrogen (secondary N) is 2. The van der Waals surface area contributed by atoms with E-state index in [-0.39, 0.29) is 29.4 Å². The van der Waals surface area contributed by atoms with Crippen molar-refractivity contribution in [3.63, 3.8) is 0 Å². The number of halogens is 1. The van der Waals surface area contributed by atoms with Gasteiger partial charge in [0, 0.05) is 32.7 Å². The van der Waals surface area contributed by atoms with Crippen LogP contribution in [0.3, 0.4) is 0 Å². The second-order valence-electron chi connectivity index (χ2n) is 6.87. The van der Waals surface area contributed by atoms with Crippen molar-refractivity contribution in [1.82, 2.24) is 20.5 Å². The summed E-state index contributed by atoms with van der Waals surface area (Å²) in [4.78, 5) is 10.8. The fraction of sp³-hybridized carbons (Fsp3) is 0.765. The van der Waals surface area contributed by atoms with Crippen LogP contribution in [0.5, 0.6) is 0 Å². The number of oxazole rings is 1. The monoisotopic (exact) mass is 467 g/mol. The molecule has 8 heteroatoms. The van der Waals surface area contributed by atoms with E-state index in [0.717, 1.165) is 44.4 Å². The van der Waals surface area contributed by atoms with Crippen LogP contribution in [-0.2, 0) is 16.7 Å². The first-order valence-electron chi connectivity index (χ1n) is 8.44. The first-order valence-corrected chi connectivity index (χ1v) is 8.44. The van der Waals surface area contributed by atoms with Gasteiger partial charge in [-0.05, 0) is 20.0 Å². The van der Waals surface area contributed by atoms with E-state index in [2.05, 4.69) is 53.3 Å². The zero-order valence-electron chi connectivity index (χ0n) is 16.4. The lowest BCUT2D eigenvalue weighted by molar-refractivity contribution is 0.161. The molecule has 0 radical (unpaired) electrons. The Hall–Kier alpha value is -0.870. The van der Waals surface area contributed by atoms with Gasteiger partial charge in [0.15, 0.2) is 5.96 Å². The summed E-state index contributed by atoms with van der Waals surface area (Å²) in [5, 5.41) is 6.52. The number of aromatic nitrogens is 1. The molecule has 0 bridgehead atoms. The highest BCUT2D eigenvalue weighted by molar-refractivity contribution is 14.0. The van der Waals surface area contributed by atoms with E-state index < -0.39 is 0 Å². The topological polar surface area (TPSA) is 74.9 Å². The Morgan fingerprint density at radius 3 is 2.60 bits per heavy atom. The standard InChI is InChI=1S/C17H33N5O2.HI/c1-17(2,3)14-12-20-15(24-14)13-21-16(18-4)19-8-7-9-22(5)10-11-23-6;/h12H,7-11,13H2,1-6H3,(H2,18,19,21);1H. The third kappa shape index (κ3) is 10.0. The first kappa shape index (κ1) is 24.1. The molecule has 146 valence electrons. The Balaban J connectivity index is 0.00000576. The van der Waals surface area contributed by atoms with Crippen molar-refractivity contribution in [1.29, 1.82) is 0 Å². The molecule has 0 fully saturated rings. The van der Waals surface area contributed by atoms with Crippen LogP contribution in [0.1, 0.15) is 38.8 Å². The predicted octanol–water partition coefficient (Wildman–Crippen LogP) is 2.22. The Bertz CT molecular complexity index is 499. The Morgan fingerprint density at radius 1 is 1.32 bits per heavy atom. The highest BCUT2D eigenvalue weighted by atomic mass is 127. The molecule has 1 heterocycles. The molecule has 0 aliphatic rings. The average molecular weight is 467 g/mol. The molecular weight excluding hydrogens is 433 g/mol. The van der Waals surface area contributed by atoms with E-state index in [0.29, 0.717) is 12.4 Å². The lowest BCUT2D eigenvalue weighted by atomic mass is 9.94. The molecule has 1 rings (SSSR count). The molecule has 0 saturated carbocycles. The van der Waals surface area contributed by atoms with E-state index in [4.69, 9.17) is 9.15 Å². The van der Waals surface area contributed by atoms with Crippen molar-refractivity contribution in [2.45, 2.75) is 39.2 Å². The number of hydrogen-bond donors (Lipinski definition) is 2. The van der Waals surface area contributed by atoms with Gasteiger partial charge in [-0.15, -0.1) is 24.0 Å². The third-order valence-electron chi connectivity index (χ3n) is 3.61.